The zero-order valence-corrected chi connectivity index (χ0v) is 22.5. The second-order valence-corrected chi connectivity index (χ2v) is 9.89. The molecule has 4 heterocycles. The van der Waals surface area contributed by atoms with Gasteiger partial charge in [0.2, 0.25) is 0 Å². The first kappa shape index (κ1) is 27.9. The van der Waals surface area contributed by atoms with Gasteiger partial charge >= 0.3 is 6.09 Å². The minimum absolute atomic E-state index is 0.0703. The van der Waals surface area contributed by atoms with Gasteiger partial charge in [-0.2, -0.15) is 0 Å². The Kier molecular flexibility index (Phi) is 8.42. The predicted molar refractivity (Wildman–Crippen MR) is 139 cm³/mol. The first-order chi connectivity index (χ1) is 17.3. The summed E-state index contributed by atoms with van der Waals surface area (Å²) in [5.74, 6) is -1.20. The van der Waals surface area contributed by atoms with Gasteiger partial charge in [-0.05, 0) is 55.6 Å². The Balaban J connectivity index is 0.000000220. The van der Waals surface area contributed by atoms with Crippen LogP contribution in [0.2, 0.25) is 0 Å². The Hall–Kier alpha value is -3.67. The van der Waals surface area contributed by atoms with Crippen molar-refractivity contribution >= 4 is 39.0 Å². The van der Waals surface area contributed by atoms with Crippen LogP contribution < -0.4 is 16.4 Å². The van der Waals surface area contributed by atoms with E-state index < -0.39 is 28.9 Å². The molecule has 0 bridgehead atoms. The molecule has 0 saturated carbocycles. The molecule has 0 aliphatic heterocycles. The molecule has 196 valence electrons. The highest BCUT2D eigenvalue weighted by molar-refractivity contribution is 9.10. The van der Waals surface area contributed by atoms with Crippen LogP contribution in [0, 0.1) is 11.6 Å². The normalized spacial score (nSPS) is 11.2. The Bertz CT molecular complexity index is 1600. The molecule has 0 spiro atoms. The third kappa shape index (κ3) is 6.97. The van der Waals surface area contributed by atoms with E-state index in [0.29, 0.717) is 28.7 Å². The van der Waals surface area contributed by atoms with Gasteiger partial charge in [0.1, 0.15) is 5.60 Å². The molecule has 37 heavy (non-hydrogen) atoms. The van der Waals surface area contributed by atoms with E-state index in [1.54, 1.807) is 20.8 Å². The lowest BCUT2D eigenvalue weighted by Crippen LogP contribution is -2.27. The van der Waals surface area contributed by atoms with Gasteiger partial charge in [-0.25, -0.2) is 23.5 Å². The van der Waals surface area contributed by atoms with E-state index in [1.165, 1.54) is 35.0 Å². The standard InChI is InChI=1S/C15H18FN3O3.C10H8BrFN2O/c1-5-9-7-12(20)19-8-10(6-11(16)13(19)17-9)18-14(21)22-15(2,3)4;1-2-7-4-9(15)14-5-6(11)3-8(12)10(14)13-7/h6-8H,5H2,1-4H3,(H,18,21);3-5H,2H2,1H3. The van der Waals surface area contributed by atoms with E-state index in [-0.39, 0.29) is 22.5 Å². The molecular weight excluding hydrogens is 552 g/mol. The van der Waals surface area contributed by atoms with Crippen molar-refractivity contribution in [3.8, 4) is 0 Å². The number of aryl methyl sites for hydroxylation is 2. The molecule has 0 radical (unpaired) electrons. The van der Waals surface area contributed by atoms with Gasteiger partial charge < -0.3 is 4.74 Å². The number of hydrogen-bond donors (Lipinski definition) is 1. The van der Waals surface area contributed by atoms with Crippen molar-refractivity contribution in [3.05, 3.63) is 84.9 Å². The van der Waals surface area contributed by atoms with Crippen LogP contribution in [0.4, 0.5) is 19.3 Å². The van der Waals surface area contributed by atoms with Gasteiger partial charge in [-0.3, -0.25) is 23.7 Å². The average molecular weight is 578 g/mol. The fourth-order valence-electron chi connectivity index (χ4n) is 3.24. The number of nitrogens with zero attached hydrogens (tertiary/aromatic N) is 4. The quantitative estimate of drug-likeness (QED) is 0.371. The average Bonchev–Trinajstić information content (AvgIpc) is 2.79. The lowest BCUT2D eigenvalue weighted by Gasteiger charge is -2.19. The second-order valence-electron chi connectivity index (χ2n) is 8.98. The van der Waals surface area contributed by atoms with Crippen LogP contribution in [-0.4, -0.2) is 30.5 Å². The summed E-state index contributed by atoms with van der Waals surface area (Å²) in [5, 5.41) is 2.40. The topological polar surface area (TPSA) is 107 Å². The first-order valence-electron chi connectivity index (χ1n) is 11.4. The summed E-state index contributed by atoms with van der Waals surface area (Å²) >= 11 is 3.13. The van der Waals surface area contributed by atoms with E-state index in [0.717, 1.165) is 10.5 Å². The zero-order chi connectivity index (χ0) is 27.5. The summed E-state index contributed by atoms with van der Waals surface area (Å²) in [6.45, 7) is 8.85. The lowest BCUT2D eigenvalue weighted by molar-refractivity contribution is 0.0636. The molecule has 0 aliphatic rings. The monoisotopic (exact) mass is 577 g/mol. The summed E-state index contributed by atoms with van der Waals surface area (Å²) in [7, 11) is 0. The van der Waals surface area contributed by atoms with Gasteiger partial charge in [0.05, 0.1) is 5.69 Å². The Labute approximate surface area is 219 Å². The highest BCUT2D eigenvalue weighted by atomic mass is 79.9. The van der Waals surface area contributed by atoms with Crippen molar-refractivity contribution in [2.75, 3.05) is 5.32 Å². The van der Waals surface area contributed by atoms with E-state index >= 15 is 0 Å². The summed E-state index contributed by atoms with van der Waals surface area (Å²) in [5.41, 5.74) is -0.119. The van der Waals surface area contributed by atoms with Crippen LogP contribution in [-0.2, 0) is 17.6 Å². The first-order valence-corrected chi connectivity index (χ1v) is 12.2. The molecule has 1 amide bonds. The number of fused-ring (bicyclic) bond motifs is 2. The number of carbonyl (C=O) groups excluding carboxylic acids is 1. The van der Waals surface area contributed by atoms with E-state index in [1.807, 2.05) is 13.8 Å². The maximum absolute atomic E-state index is 14.1. The number of halogens is 3. The Morgan fingerprint density at radius 3 is 1.89 bits per heavy atom. The largest absolute Gasteiger partial charge is 0.444 e. The summed E-state index contributed by atoms with van der Waals surface area (Å²) in [4.78, 5) is 43.4. The van der Waals surface area contributed by atoms with Crippen molar-refractivity contribution in [2.24, 2.45) is 0 Å². The van der Waals surface area contributed by atoms with Crippen molar-refractivity contribution < 1.29 is 18.3 Å². The number of nitrogens with one attached hydrogen (secondary N) is 1. The van der Waals surface area contributed by atoms with E-state index in [9.17, 15) is 23.2 Å². The van der Waals surface area contributed by atoms with Crippen LogP contribution in [0.3, 0.4) is 0 Å². The van der Waals surface area contributed by atoms with Gasteiger partial charge in [0.15, 0.2) is 22.9 Å². The summed E-state index contributed by atoms with van der Waals surface area (Å²) in [6, 6.07) is 5.15. The van der Waals surface area contributed by atoms with Gasteiger partial charge in [0.25, 0.3) is 11.1 Å². The molecule has 0 aromatic carbocycles. The second kappa shape index (κ2) is 11.2. The van der Waals surface area contributed by atoms with Crippen LogP contribution in [0.15, 0.2) is 50.7 Å². The molecule has 0 fully saturated rings. The third-order valence-corrected chi connectivity index (χ3v) is 5.31. The third-order valence-electron chi connectivity index (χ3n) is 4.87. The molecule has 0 atom stereocenters. The number of amides is 1. The van der Waals surface area contributed by atoms with Crippen molar-refractivity contribution in [3.63, 3.8) is 0 Å². The maximum Gasteiger partial charge on any atom is 0.412 e. The molecule has 0 aliphatic carbocycles. The van der Waals surface area contributed by atoms with Crippen LogP contribution >= 0.6 is 15.9 Å². The van der Waals surface area contributed by atoms with Crippen molar-refractivity contribution in [2.45, 2.75) is 53.1 Å². The SMILES string of the molecule is CCc1cc(=O)n2cc(Br)cc(F)c2n1.CCc1cc(=O)n2cc(NC(=O)OC(C)(C)C)cc(F)c2n1. The predicted octanol–water partition coefficient (Wildman–Crippen LogP) is 4.90. The minimum Gasteiger partial charge on any atom is -0.444 e. The summed E-state index contributed by atoms with van der Waals surface area (Å²) < 4.78 is 35.5. The number of aromatic nitrogens is 4. The van der Waals surface area contributed by atoms with E-state index in [2.05, 4.69) is 31.2 Å². The smallest absolute Gasteiger partial charge is 0.412 e. The van der Waals surface area contributed by atoms with Crippen LogP contribution in [0.25, 0.3) is 11.3 Å². The van der Waals surface area contributed by atoms with Crippen molar-refractivity contribution in [1.29, 1.82) is 0 Å². The molecule has 1 N–H and O–H groups in total. The molecule has 9 nitrogen and oxygen atoms in total. The van der Waals surface area contributed by atoms with E-state index in [4.69, 9.17) is 4.74 Å². The van der Waals surface area contributed by atoms with Gasteiger partial charge in [-0.1, -0.05) is 13.8 Å². The fourth-order valence-corrected chi connectivity index (χ4v) is 3.65. The molecule has 12 heteroatoms. The van der Waals surface area contributed by atoms with Gasteiger partial charge in [0, 0.05) is 46.5 Å². The zero-order valence-electron chi connectivity index (χ0n) is 20.9. The minimum atomic E-state index is -0.725. The number of pyridine rings is 2. The molecule has 0 unspecified atom stereocenters. The molecule has 4 aromatic rings. The maximum atomic E-state index is 14.1. The van der Waals surface area contributed by atoms with Gasteiger partial charge in [-0.15, -0.1) is 0 Å². The highest BCUT2D eigenvalue weighted by Crippen LogP contribution is 2.16. The number of rotatable bonds is 3. The highest BCUT2D eigenvalue weighted by Gasteiger charge is 2.17. The molecule has 4 aromatic heterocycles. The summed E-state index contributed by atoms with van der Waals surface area (Å²) in [6.07, 6.45) is 3.24. The van der Waals surface area contributed by atoms with Crippen molar-refractivity contribution in [1.82, 2.24) is 18.8 Å². The number of carbonyl (C=O) groups is 1. The number of hydrogen-bond acceptors (Lipinski definition) is 6. The van der Waals surface area contributed by atoms with Crippen LogP contribution in [0.1, 0.15) is 46.0 Å². The fraction of sp³-hybridized carbons (Fsp3) is 0.320. The lowest BCUT2D eigenvalue weighted by atomic mass is 10.2. The number of ether oxygens (including phenoxy) is 1. The molecular formula is C25H26BrF2N5O4. The van der Waals surface area contributed by atoms with Crippen LogP contribution in [0.5, 0.6) is 0 Å². The molecule has 0 saturated heterocycles. The molecule has 4 rings (SSSR count). The Morgan fingerprint density at radius 1 is 0.919 bits per heavy atom. The number of anilines is 1. The Morgan fingerprint density at radius 2 is 1.41 bits per heavy atom.